The number of aryl methyl sites for hydroxylation is 1. The third-order valence-corrected chi connectivity index (χ3v) is 6.19. The molecule has 0 N–H and O–H groups in total. The molecule has 6 nitrogen and oxygen atoms in total. The monoisotopic (exact) mass is 373 g/mol. The molecule has 1 aromatic rings. The SMILES string of the molecule is CCCCOC(=O)[C@@H]1CCCN1S(=O)(=O)c1ccc(C)c(F)c1OC. The van der Waals surface area contributed by atoms with Crippen LogP contribution in [0, 0.1) is 12.7 Å². The summed E-state index contributed by atoms with van der Waals surface area (Å²) in [4.78, 5) is 12.0. The topological polar surface area (TPSA) is 72.9 Å². The molecule has 1 aromatic carbocycles. The number of carbonyl (C=O) groups excluding carboxylic acids is 1. The van der Waals surface area contributed by atoms with Crippen molar-refractivity contribution < 1.29 is 27.1 Å². The number of hydrogen-bond acceptors (Lipinski definition) is 5. The molecule has 1 aliphatic heterocycles. The highest BCUT2D eigenvalue weighted by Gasteiger charge is 2.42. The van der Waals surface area contributed by atoms with Crippen LogP contribution in [-0.2, 0) is 19.6 Å². The molecule has 0 aromatic heterocycles. The van der Waals surface area contributed by atoms with Crippen molar-refractivity contribution in [1.82, 2.24) is 4.31 Å². The summed E-state index contributed by atoms with van der Waals surface area (Å²) in [7, 11) is -2.86. The van der Waals surface area contributed by atoms with Crippen molar-refractivity contribution in [1.29, 1.82) is 0 Å². The Morgan fingerprint density at radius 1 is 1.40 bits per heavy atom. The maximum Gasteiger partial charge on any atom is 0.324 e. The molecule has 0 radical (unpaired) electrons. The number of carbonyl (C=O) groups is 1. The predicted octanol–water partition coefficient (Wildman–Crippen LogP) is 2.64. The van der Waals surface area contributed by atoms with Gasteiger partial charge in [0.15, 0.2) is 11.6 Å². The summed E-state index contributed by atoms with van der Waals surface area (Å²) < 4.78 is 51.5. The van der Waals surface area contributed by atoms with E-state index in [1.807, 2.05) is 6.92 Å². The van der Waals surface area contributed by atoms with Gasteiger partial charge in [0.2, 0.25) is 10.0 Å². The van der Waals surface area contributed by atoms with E-state index in [0.717, 1.165) is 17.1 Å². The Kier molecular flexibility index (Phi) is 6.40. The smallest absolute Gasteiger partial charge is 0.324 e. The molecule has 0 bridgehead atoms. The van der Waals surface area contributed by atoms with Crippen LogP contribution in [0.1, 0.15) is 38.2 Å². The van der Waals surface area contributed by atoms with Crippen LogP contribution in [0.15, 0.2) is 17.0 Å². The average Bonchev–Trinajstić information content (AvgIpc) is 3.07. The maximum absolute atomic E-state index is 14.2. The molecular weight excluding hydrogens is 349 g/mol. The van der Waals surface area contributed by atoms with E-state index in [1.165, 1.54) is 26.2 Å². The summed E-state index contributed by atoms with van der Waals surface area (Å²) in [5, 5.41) is 0. The minimum Gasteiger partial charge on any atom is -0.492 e. The molecule has 0 saturated carbocycles. The van der Waals surface area contributed by atoms with Crippen LogP contribution < -0.4 is 4.74 Å². The van der Waals surface area contributed by atoms with Gasteiger partial charge in [-0.25, -0.2) is 12.8 Å². The number of nitrogens with zero attached hydrogens (tertiary/aromatic N) is 1. The summed E-state index contributed by atoms with van der Waals surface area (Å²) in [6.07, 6.45) is 2.53. The third kappa shape index (κ3) is 3.95. The molecule has 2 rings (SSSR count). The Labute approximate surface area is 148 Å². The molecule has 0 aliphatic carbocycles. The zero-order valence-corrected chi connectivity index (χ0v) is 15.6. The molecule has 1 fully saturated rings. The first-order valence-corrected chi connectivity index (χ1v) is 9.80. The van der Waals surface area contributed by atoms with Crippen LogP contribution in [-0.4, -0.2) is 45.0 Å². The second-order valence-electron chi connectivity index (χ2n) is 6.02. The van der Waals surface area contributed by atoms with Gasteiger partial charge in [-0.05, 0) is 37.8 Å². The van der Waals surface area contributed by atoms with Gasteiger partial charge in [-0.15, -0.1) is 0 Å². The lowest BCUT2D eigenvalue weighted by molar-refractivity contribution is -0.147. The Hall–Kier alpha value is -1.67. The minimum atomic E-state index is -4.08. The van der Waals surface area contributed by atoms with Gasteiger partial charge in [0.05, 0.1) is 13.7 Å². The van der Waals surface area contributed by atoms with E-state index < -0.39 is 27.9 Å². The number of esters is 1. The van der Waals surface area contributed by atoms with Gasteiger partial charge >= 0.3 is 5.97 Å². The highest BCUT2D eigenvalue weighted by Crippen LogP contribution is 2.34. The van der Waals surface area contributed by atoms with E-state index in [0.29, 0.717) is 12.8 Å². The Balaban J connectivity index is 2.32. The fourth-order valence-electron chi connectivity index (χ4n) is 2.83. The second-order valence-corrected chi connectivity index (χ2v) is 7.88. The van der Waals surface area contributed by atoms with Gasteiger partial charge in [0.1, 0.15) is 10.9 Å². The minimum absolute atomic E-state index is 0.189. The normalized spacial score (nSPS) is 18.3. The highest BCUT2D eigenvalue weighted by molar-refractivity contribution is 7.89. The number of halogens is 1. The standard InChI is InChI=1S/C17H24FNO5S/c1-4-5-11-24-17(20)13-7-6-10-19(13)25(21,22)14-9-8-12(2)15(18)16(14)23-3/h8-9,13H,4-7,10-11H2,1-3H3/t13-/m0/s1. The first kappa shape index (κ1) is 19.7. The summed E-state index contributed by atoms with van der Waals surface area (Å²) >= 11 is 0. The Bertz CT molecular complexity index is 735. The average molecular weight is 373 g/mol. The number of sulfonamides is 1. The zero-order valence-electron chi connectivity index (χ0n) is 14.7. The molecule has 0 spiro atoms. The molecule has 1 aliphatic rings. The molecule has 140 valence electrons. The van der Waals surface area contributed by atoms with Crippen molar-refractivity contribution in [3.8, 4) is 5.75 Å². The molecular formula is C17H24FNO5S. The van der Waals surface area contributed by atoms with Gasteiger partial charge < -0.3 is 9.47 Å². The summed E-state index contributed by atoms with van der Waals surface area (Å²) in [5.41, 5.74) is 0.285. The number of ether oxygens (including phenoxy) is 2. The lowest BCUT2D eigenvalue weighted by atomic mass is 10.2. The Morgan fingerprint density at radius 3 is 2.76 bits per heavy atom. The molecule has 1 heterocycles. The van der Waals surface area contributed by atoms with Crippen LogP contribution in [0.3, 0.4) is 0 Å². The van der Waals surface area contributed by atoms with Crippen molar-refractivity contribution in [3.63, 3.8) is 0 Å². The molecule has 1 atom stereocenters. The van der Waals surface area contributed by atoms with Crippen molar-refractivity contribution in [2.75, 3.05) is 20.3 Å². The molecule has 0 unspecified atom stereocenters. The molecule has 1 saturated heterocycles. The fraction of sp³-hybridized carbons (Fsp3) is 0.588. The van der Waals surface area contributed by atoms with Crippen molar-refractivity contribution in [3.05, 3.63) is 23.5 Å². The van der Waals surface area contributed by atoms with E-state index in [1.54, 1.807) is 0 Å². The van der Waals surface area contributed by atoms with Crippen LogP contribution >= 0.6 is 0 Å². The predicted molar refractivity (Wildman–Crippen MR) is 90.5 cm³/mol. The lowest BCUT2D eigenvalue weighted by Gasteiger charge is -2.24. The summed E-state index contributed by atoms with van der Waals surface area (Å²) in [6, 6.07) is 1.82. The first-order valence-electron chi connectivity index (χ1n) is 8.36. The van der Waals surface area contributed by atoms with Gasteiger partial charge in [-0.2, -0.15) is 4.31 Å². The number of methoxy groups -OCH3 is 1. The van der Waals surface area contributed by atoms with Gasteiger partial charge in [0.25, 0.3) is 0 Å². The van der Waals surface area contributed by atoms with E-state index in [2.05, 4.69) is 0 Å². The van der Waals surface area contributed by atoms with Gasteiger partial charge in [-0.1, -0.05) is 19.4 Å². The van der Waals surface area contributed by atoms with E-state index in [-0.39, 0.29) is 29.4 Å². The van der Waals surface area contributed by atoms with Crippen molar-refractivity contribution >= 4 is 16.0 Å². The lowest BCUT2D eigenvalue weighted by Crippen LogP contribution is -2.41. The van der Waals surface area contributed by atoms with Crippen LogP contribution in [0.5, 0.6) is 5.75 Å². The maximum atomic E-state index is 14.2. The van der Waals surface area contributed by atoms with Crippen LogP contribution in [0.2, 0.25) is 0 Å². The molecule has 25 heavy (non-hydrogen) atoms. The highest BCUT2D eigenvalue weighted by atomic mass is 32.2. The van der Waals surface area contributed by atoms with Crippen LogP contribution in [0.25, 0.3) is 0 Å². The van der Waals surface area contributed by atoms with Crippen LogP contribution in [0.4, 0.5) is 4.39 Å². The number of unbranched alkanes of at least 4 members (excludes halogenated alkanes) is 1. The van der Waals surface area contributed by atoms with E-state index in [4.69, 9.17) is 9.47 Å². The zero-order chi connectivity index (χ0) is 18.6. The molecule has 8 heteroatoms. The number of rotatable bonds is 7. The Morgan fingerprint density at radius 2 is 2.12 bits per heavy atom. The van der Waals surface area contributed by atoms with Gasteiger partial charge in [-0.3, -0.25) is 4.79 Å². The number of benzene rings is 1. The van der Waals surface area contributed by atoms with E-state index >= 15 is 0 Å². The summed E-state index contributed by atoms with van der Waals surface area (Å²) in [5.74, 6) is -1.60. The molecule has 0 amide bonds. The van der Waals surface area contributed by atoms with Gasteiger partial charge in [0, 0.05) is 6.54 Å². The second kappa shape index (κ2) is 8.14. The third-order valence-electron chi connectivity index (χ3n) is 4.26. The van der Waals surface area contributed by atoms with Crippen molar-refractivity contribution in [2.24, 2.45) is 0 Å². The largest absolute Gasteiger partial charge is 0.492 e. The van der Waals surface area contributed by atoms with Crippen molar-refractivity contribution in [2.45, 2.75) is 50.5 Å². The quantitative estimate of drug-likeness (QED) is 0.543. The summed E-state index contributed by atoms with van der Waals surface area (Å²) in [6.45, 7) is 3.95. The fourth-order valence-corrected chi connectivity index (χ4v) is 4.63. The van der Waals surface area contributed by atoms with E-state index in [9.17, 15) is 17.6 Å². The number of hydrogen-bond donors (Lipinski definition) is 0. The first-order chi connectivity index (χ1) is 11.8.